The fourth-order valence-corrected chi connectivity index (χ4v) is 1.63. The first-order valence-electron chi connectivity index (χ1n) is 4.86. The topological polar surface area (TPSA) is 25.8 Å². The molecule has 76 valence electrons. The third kappa shape index (κ3) is 2.53. The van der Waals surface area contributed by atoms with Crippen LogP contribution in [0, 0.1) is 3.57 Å². The summed E-state index contributed by atoms with van der Waals surface area (Å²) in [5.41, 5.74) is 2.41. The van der Waals surface area contributed by atoms with Crippen molar-refractivity contribution in [1.29, 1.82) is 0 Å². The lowest BCUT2D eigenvalue weighted by Gasteiger charge is -2.01. The van der Waals surface area contributed by atoms with E-state index in [1.807, 2.05) is 12.4 Å². The summed E-state index contributed by atoms with van der Waals surface area (Å²) < 4.78 is 1.06. The van der Waals surface area contributed by atoms with Gasteiger partial charge < -0.3 is 0 Å². The van der Waals surface area contributed by atoms with Gasteiger partial charge >= 0.3 is 0 Å². The Morgan fingerprint density at radius 3 is 2.20 bits per heavy atom. The zero-order valence-electron chi connectivity index (χ0n) is 8.44. The first-order chi connectivity index (χ1) is 7.29. The number of aryl methyl sites for hydroxylation is 1. The molecule has 1 heterocycles. The molecule has 0 amide bonds. The van der Waals surface area contributed by atoms with Crippen LogP contribution < -0.4 is 0 Å². The molecular formula is C12H11IN2. The number of rotatable bonds is 2. The minimum Gasteiger partial charge on any atom is -0.235 e. The predicted molar refractivity (Wildman–Crippen MR) is 69.6 cm³/mol. The molecule has 0 saturated carbocycles. The minimum atomic E-state index is 0.790. The van der Waals surface area contributed by atoms with E-state index in [1.54, 1.807) is 0 Å². The average molecular weight is 310 g/mol. The Bertz CT molecular complexity index is 434. The maximum atomic E-state index is 4.29. The Labute approximate surface area is 103 Å². The first-order valence-corrected chi connectivity index (χ1v) is 5.94. The van der Waals surface area contributed by atoms with Crippen LogP contribution >= 0.6 is 22.6 Å². The SMILES string of the molecule is CCc1ccc(-c2ncc(I)cn2)cc1. The summed E-state index contributed by atoms with van der Waals surface area (Å²) in [6.45, 7) is 2.15. The van der Waals surface area contributed by atoms with Gasteiger partial charge in [0.2, 0.25) is 0 Å². The van der Waals surface area contributed by atoms with E-state index in [0.29, 0.717) is 0 Å². The number of benzene rings is 1. The Morgan fingerprint density at radius 2 is 1.67 bits per heavy atom. The Kier molecular flexibility index (Phi) is 3.30. The van der Waals surface area contributed by atoms with Crippen LogP contribution in [0.1, 0.15) is 12.5 Å². The Balaban J connectivity index is 2.33. The fraction of sp³-hybridized carbons (Fsp3) is 0.167. The van der Waals surface area contributed by atoms with Gasteiger partial charge in [-0.05, 0) is 34.6 Å². The molecule has 0 aliphatic heterocycles. The van der Waals surface area contributed by atoms with Crippen molar-refractivity contribution in [3.63, 3.8) is 0 Å². The van der Waals surface area contributed by atoms with Crippen molar-refractivity contribution in [3.8, 4) is 11.4 Å². The molecule has 3 heteroatoms. The summed E-state index contributed by atoms with van der Waals surface area (Å²) in [4.78, 5) is 8.57. The number of halogens is 1. The molecule has 2 aromatic rings. The van der Waals surface area contributed by atoms with Gasteiger partial charge in [-0.15, -0.1) is 0 Å². The number of hydrogen-bond acceptors (Lipinski definition) is 2. The minimum absolute atomic E-state index is 0.790. The number of aromatic nitrogens is 2. The van der Waals surface area contributed by atoms with Crippen molar-refractivity contribution >= 4 is 22.6 Å². The van der Waals surface area contributed by atoms with E-state index in [4.69, 9.17) is 0 Å². The van der Waals surface area contributed by atoms with Crippen molar-refractivity contribution in [2.75, 3.05) is 0 Å². The quantitative estimate of drug-likeness (QED) is 0.795. The van der Waals surface area contributed by atoms with Crippen LogP contribution in [0.15, 0.2) is 36.7 Å². The normalized spacial score (nSPS) is 10.3. The Morgan fingerprint density at radius 1 is 1.07 bits per heavy atom. The lowest BCUT2D eigenvalue weighted by molar-refractivity contribution is 1.13. The summed E-state index contributed by atoms with van der Waals surface area (Å²) in [6, 6.07) is 8.38. The second-order valence-electron chi connectivity index (χ2n) is 3.28. The van der Waals surface area contributed by atoms with Crippen molar-refractivity contribution in [2.45, 2.75) is 13.3 Å². The van der Waals surface area contributed by atoms with Crippen molar-refractivity contribution in [1.82, 2.24) is 9.97 Å². The molecule has 0 N–H and O–H groups in total. The summed E-state index contributed by atoms with van der Waals surface area (Å²) in [5.74, 6) is 0.790. The highest BCUT2D eigenvalue weighted by atomic mass is 127. The van der Waals surface area contributed by atoms with E-state index in [-0.39, 0.29) is 0 Å². The van der Waals surface area contributed by atoms with Gasteiger partial charge in [0.05, 0.1) is 0 Å². The molecule has 0 fully saturated rings. The molecule has 2 rings (SSSR count). The molecule has 0 bridgehead atoms. The van der Waals surface area contributed by atoms with E-state index >= 15 is 0 Å². The molecule has 0 aliphatic rings. The van der Waals surface area contributed by atoms with Crippen molar-refractivity contribution < 1.29 is 0 Å². The van der Waals surface area contributed by atoms with Crippen molar-refractivity contribution in [3.05, 3.63) is 45.8 Å². The zero-order chi connectivity index (χ0) is 10.7. The van der Waals surface area contributed by atoms with Gasteiger partial charge in [0, 0.05) is 21.5 Å². The molecule has 1 aromatic heterocycles. The second-order valence-corrected chi connectivity index (χ2v) is 4.52. The highest BCUT2D eigenvalue weighted by Gasteiger charge is 1.99. The predicted octanol–water partition coefficient (Wildman–Crippen LogP) is 3.31. The molecule has 15 heavy (non-hydrogen) atoms. The summed E-state index contributed by atoms with van der Waals surface area (Å²) in [7, 11) is 0. The second kappa shape index (κ2) is 4.70. The van der Waals surface area contributed by atoms with Crippen LogP contribution in [-0.2, 0) is 6.42 Å². The monoisotopic (exact) mass is 310 g/mol. The molecule has 0 unspecified atom stereocenters. The lowest BCUT2D eigenvalue weighted by Crippen LogP contribution is -1.89. The molecule has 0 saturated heterocycles. The summed E-state index contributed by atoms with van der Waals surface area (Å²) in [5, 5.41) is 0. The highest BCUT2D eigenvalue weighted by Crippen LogP contribution is 2.15. The van der Waals surface area contributed by atoms with Crippen molar-refractivity contribution in [2.24, 2.45) is 0 Å². The lowest BCUT2D eigenvalue weighted by atomic mass is 10.1. The van der Waals surface area contributed by atoms with Gasteiger partial charge in [0.1, 0.15) is 0 Å². The maximum Gasteiger partial charge on any atom is 0.159 e. The van der Waals surface area contributed by atoms with Gasteiger partial charge in [0.15, 0.2) is 5.82 Å². The maximum absolute atomic E-state index is 4.29. The van der Waals surface area contributed by atoms with E-state index < -0.39 is 0 Å². The molecule has 0 spiro atoms. The Hall–Kier alpha value is -0.970. The molecule has 0 aliphatic carbocycles. The standard InChI is InChI=1S/C12H11IN2/c1-2-9-3-5-10(6-4-9)12-14-7-11(13)8-15-12/h3-8H,2H2,1H3. The third-order valence-corrected chi connectivity index (χ3v) is 2.80. The summed E-state index contributed by atoms with van der Waals surface area (Å²) >= 11 is 2.20. The van der Waals surface area contributed by atoms with Gasteiger partial charge in [-0.3, -0.25) is 0 Å². The first kappa shape index (κ1) is 10.5. The van der Waals surface area contributed by atoms with Gasteiger partial charge in [-0.2, -0.15) is 0 Å². The fourth-order valence-electron chi connectivity index (χ4n) is 1.35. The van der Waals surface area contributed by atoms with E-state index in [9.17, 15) is 0 Å². The van der Waals surface area contributed by atoms with Crippen LogP contribution in [-0.4, -0.2) is 9.97 Å². The van der Waals surface area contributed by atoms with E-state index in [2.05, 4.69) is 63.7 Å². The smallest absolute Gasteiger partial charge is 0.159 e. The van der Waals surface area contributed by atoms with Crippen LogP contribution in [0.3, 0.4) is 0 Å². The van der Waals surface area contributed by atoms with Crippen LogP contribution in [0.25, 0.3) is 11.4 Å². The molecule has 0 atom stereocenters. The average Bonchev–Trinajstić information content (AvgIpc) is 2.30. The number of nitrogens with zero attached hydrogens (tertiary/aromatic N) is 2. The van der Waals surface area contributed by atoms with Crippen LogP contribution in [0.2, 0.25) is 0 Å². The van der Waals surface area contributed by atoms with E-state index in [0.717, 1.165) is 21.4 Å². The van der Waals surface area contributed by atoms with Crippen LogP contribution in [0.4, 0.5) is 0 Å². The van der Waals surface area contributed by atoms with E-state index in [1.165, 1.54) is 5.56 Å². The van der Waals surface area contributed by atoms with Gasteiger partial charge in [-0.1, -0.05) is 31.2 Å². The zero-order valence-corrected chi connectivity index (χ0v) is 10.6. The molecular weight excluding hydrogens is 299 g/mol. The third-order valence-electron chi connectivity index (χ3n) is 2.24. The molecule has 0 radical (unpaired) electrons. The molecule has 1 aromatic carbocycles. The van der Waals surface area contributed by atoms with Gasteiger partial charge in [-0.25, -0.2) is 9.97 Å². The highest BCUT2D eigenvalue weighted by molar-refractivity contribution is 14.1. The summed E-state index contributed by atoms with van der Waals surface area (Å²) in [6.07, 6.45) is 4.72. The van der Waals surface area contributed by atoms with Crippen LogP contribution in [0.5, 0.6) is 0 Å². The largest absolute Gasteiger partial charge is 0.235 e. The number of hydrogen-bond donors (Lipinski definition) is 0. The molecule has 2 nitrogen and oxygen atoms in total. The van der Waals surface area contributed by atoms with Gasteiger partial charge in [0.25, 0.3) is 0 Å².